The van der Waals surface area contributed by atoms with Gasteiger partial charge in [-0.25, -0.2) is 0 Å². The molecule has 0 atom stereocenters. The highest BCUT2D eigenvalue weighted by Gasteiger charge is 2.44. The second kappa shape index (κ2) is 5.03. The van der Waals surface area contributed by atoms with E-state index in [0.29, 0.717) is 5.56 Å². The molecule has 104 valence electrons. The smallest absolute Gasteiger partial charge is 0.311 e. The van der Waals surface area contributed by atoms with Gasteiger partial charge in [0, 0.05) is 5.56 Å². The standard InChI is InChI=1S/C15H21NO3/c1-10-7-6-8-11(9-10)12(17)16-15(4,5)14(2,3)13(18)19/h6-9H,1-5H3,(H,16,17)(H,18,19). The van der Waals surface area contributed by atoms with Crippen molar-refractivity contribution in [3.63, 3.8) is 0 Å². The molecule has 0 saturated heterocycles. The lowest BCUT2D eigenvalue weighted by atomic mass is 9.74. The molecule has 1 rings (SSSR count). The third-order valence-corrected chi connectivity index (χ3v) is 3.80. The predicted octanol–water partition coefficient (Wildman–Crippen LogP) is 2.61. The molecule has 0 radical (unpaired) electrons. The van der Waals surface area contributed by atoms with E-state index in [4.69, 9.17) is 0 Å². The Labute approximate surface area is 113 Å². The number of carboxylic acids is 1. The topological polar surface area (TPSA) is 66.4 Å². The van der Waals surface area contributed by atoms with Crippen molar-refractivity contribution in [3.8, 4) is 0 Å². The average molecular weight is 263 g/mol. The third kappa shape index (κ3) is 3.13. The van der Waals surface area contributed by atoms with Crippen molar-refractivity contribution < 1.29 is 14.7 Å². The number of hydrogen-bond donors (Lipinski definition) is 2. The minimum Gasteiger partial charge on any atom is -0.481 e. The summed E-state index contributed by atoms with van der Waals surface area (Å²) in [7, 11) is 0. The second-order valence-electron chi connectivity index (χ2n) is 5.88. The Balaban J connectivity index is 2.96. The maximum Gasteiger partial charge on any atom is 0.311 e. The van der Waals surface area contributed by atoms with Gasteiger partial charge in [0.2, 0.25) is 0 Å². The number of aryl methyl sites for hydroxylation is 1. The van der Waals surface area contributed by atoms with Gasteiger partial charge in [-0.05, 0) is 46.8 Å². The molecule has 0 bridgehead atoms. The lowest BCUT2D eigenvalue weighted by Crippen LogP contribution is -2.56. The first-order valence-electron chi connectivity index (χ1n) is 6.20. The van der Waals surface area contributed by atoms with E-state index in [0.717, 1.165) is 5.56 Å². The van der Waals surface area contributed by atoms with Crippen LogP contribution in [-0.4, -0.2) is 22.5 Å². The summed E-state index contributed by atoms with van der Waals surface area (Å²) in [5.41, 5.74) is -0.399. The number of rotatable bonds is 4. The van der Waals surface area contributed by atoms with Crippen molar-refractivity contribution in [3.05, 3.63) is 35.4 Å². The summed E-state index contributed by atoms with van der Waals surface area (Å²) < 4.78 is 0. The summed E-state index contributed by atoms with van der Waals surface area (Å²) in [5.74, 6) is -1.20. The van der Waals surface area contributed by atoms with E-state index >= 15 is 0 Å². The average Bonchev–Trinajstić information content (AvgIpc) is 2.27. The Bertz CT molecular complexity index is 504. The number of carbonyl (C=O) groups is 2. The van der Waals surface area contributed by atoms with Crippen molar-refractivity contribution in [1.29, 1.82) is 0 Å². The van der Waals surface area contributed by atoms with E-state index in [1.54, 1.807) is 45.9 Å². The van der Waals surface area contributed by atoms with Gasteiger partial charge in [-0.3, -0.25) is 9.59 Å². The van der Waals surface area contributed by atoms with Crippen molar-refractivity contribution in [2.24, 2.45) is 5.41 Å². The maximum absolute atomic E-state index is 12.2. The summed E-state index contributed by atoms with van der Waals surface area (Å²) >= 11 is 0. The zero-order chi connectivity index (χ0) is 14.8. The summed E-state index contributed by atoms with van der Waals surface area (Å²) in [4.78, 5) is 23.5. The molecular formula is C15H21NO3. The van der Waals surface area contributed by atoms with Gasteiger partial charge in [-0.15, -0.1) is 0 Å². The fraction of sp³-hybridized carbons (Fsp3) is 0.467. The Morgan fingerprint density at radius 3 is 2.21 bits per heavy atom. The molecule has 1 aromatic carbocycles. The van der Waals surface area contributed by atoms with Crippen LogP contribution in [0.25, 0.3) is 0 Å². The fourth-order valence-corrected chi connectivity index (χ4v) is 1.57. The van der Waals surface area contributed by atoms with Crippen LogP contribution in [0.4, 0.5) is 0 Å². The van der Waals surface area contributed by atoms with Crippen LogP contribution in [0, 0.1) is 12.3 Å². The zero-order valence-electron chi connectivity index (χ0n) is 12.1. The first-order valence-corrected chi connectivity index (χ1v) is 6.20. The van der Waals surface area contributed by atoms with Crippen molar-refractivity contribution in [1.82, 2.24) is 5.32 Å². The van der Waals surface area contributed by atoms with Crippen LogP contribution >= 0.6 is 0 Å². The van der Waals surface area contributed by atoms with Crippen LogP contribution in [0.2, 0.25) is 0 Å². The third-order valence-electron chi connectivity index (χ3n) is 3.80. The molecule has 0 aliphatic carbocycles. The van der Waals surface area contributed by atoms with Gasteiger partial charge < -0.3 is 10.4 Å². The Morgan fingerprint density at radius 2 is 1.74 bits per heavy atom. The Morgan fingerprint density at radius 1 is 1.16 bits per heavy atom. The minimum atomic E-state index is -1.06. The van der Waals surface area contributed by atoms with E-state index in [1.807, 2.05) is 13.0 Å². The van der Waals surface area contributed by atoms with E-state index in [2.05, 4.69) is 5.32 Å². The van der Waals surface area contributed by atoms with Gasteiger partial charge in [-0.1, -0.05) is 17.7 Å². The molecular weight excluding hydrogens is 242 g/mol. The van der Waals surface area contributed by atoms with Crippen LogP contribution in [0.5, 0.6) is 0 Å². The van der Waals surface area contributed by atoms with Gasteiger partial charge in [-0.2, -0.15) is 0 Å². The molecule has 4 heteroatoms. The van der Waals surface area contributed by atoms with Crippen LogP contribution in [0.1, 0.15) is 43.6 Å². The number of carboxylic acid groups (broad SMARTS) is 1. The summed E-state index contributed by atoms with van der Waals surface area (Å²) in [5, 5.41) is 12.1. The van der Waals surface area contributed by atoms with E-state index in [9.17, 15) is 14.7 Å². The first kappa shape index (κ1) is 15.2. The summed E-state index contributed by atoms with van der Waals surface area (Å²) in [6.07, 6.45) is 0. The quantitative estimate of drug-likeness (QED) is 0.877. The highest BCUT2D eigenvalue weighted by molar-refractivity contribution is 5.95. The molecule has 4 nitrogen and oxygen atoms in total. The first-order chi connectivity index (χ1) is 8.58. The molecule has 0 aliphatic heterocycles. The molecule has 0 heterocycles. The van der Waals surface area contributed by atoms with Gasteiger partial charge in [0.25, 0.3) is 5.91 Å². The van der Waals surface area contributed by atoms with Gasteiger partial charge in [0.05, 0.1) is 11.0 Å². The highest BCUT2D eigenvalue weighted by Crippen LogP contribution is 2.31. The van der Waals surface area contributed by atoms with Crippen molar-refractivity contribution in [2.75, 3.05) is 0 Å². The van der Waals surface area contributed by atoms with Gasteiger partial charge in [0.1, 0.15) is 0 Å². The fourth-order valence-electron chi connectivity index (χ4n) is 1.57. The normalized spacial score (nSPS) is 12.1. The maximum atomic E-state index is 12.2. The van der Waals surface area contributed by atoms with Crippen molar-refractivity contribution >= 4 is 11.9 Å². The number of aliphatic carboxylic acids is 1. The number of nitrogens with one attached hydrogen (secondary N) is 1. The summed E-state index contributed by atoms with van der Waals surface area (Å²) in [6, 6.07) is 7.20. The SMILES string of the molecule is Cc1cccc(C(=O)NC(C)(C)C(C)(C)C(=O)O)c1. The second-order valence-corrected chi connectivity index (χ2v) is 5.88. The number of carbonyl (C=O) groups excluding carboxylic acids is 1. The lowest BCUT2D eigenvalue weighted by Gasteiger charge is -2.38. The van der Waals surface area contributed by atoms with Crippen LogP contribution in [-0.2, 0) is 4.79 Å². The van der Waals surface area contributed by atoms with E-state index in [-0.39, 0.29) is 5.91 Å². The minimum absolute atomic E-state index is 0.261. The molecule has 0 aliphatic rings. The molecule has 0 aromatic heterocycles. The van der Waals surface area contributed by atoms with Crippen LogP contribution in [0.3, 0.4) is 0 Å². The van der Waals surface area contributed by atoms with Gasteiger partial charge >= 0.3 is 5.97 Å². The summed E-state index contributed by atoms with van der Waals surface area (Å²) in [6.45, 7) is 8.55. The highest BCUT2D eigenvalue weighted by atomic mass is 16.4. The van der Waals surface area contributed by atoms with Crippen molar-refractivity contribution in [2.45, 2.75) is 40.2 Å². The number of amides is 1. The molecule has 0 unspecified atom stereocenters. The molecule has 2 N–H and O–H groups in total. The lowest BCUT2D eigenvalue weighted by molar-refractivity contribution is -0.150. The number of hydrogen-bond acceptors (Lipinski definition) is 2. The molecule has 1 amide bonds. The van der Waals surface area contributed by atoms with E-state index < -0.39 is 16.9 Å². The Kier molecular flexibility index (Phi) is 4.03. The van der Waals surface area contributed by atoms with E-state index in [1.165, 1.54) is 0 Å². The largest absolute Gasteiger partial charge is 0.481 e. The van der Waals surface area contributed by atoms with Crippen LogP contribution in [0.15, 0.2) is 24.3 Å². The number of benzene rings is 1. The molecule has 0 fully saturated rings. The molecule has 19 heavy (non-hydrogen) atoms. The molecule has 1 aromatic rings. The molecule has 0 saturated carbocycles. The van der Waals surface area contributed by atoms with Gasteiger partial charge in [0.15, 0.2) is 0 Å². The monoisotopic (exact) mass is 263 g/mol. The zero-order valence-corrected chi connectivity index (χ0v) is 12.1. The van der Waals surface area contributed by atoms with Crippen LogP contribution < -0.4 is 5.32 Å². The Hall–Kier alpha value is -1.84. The molecule has 0 spiro atoms. The predicted molar refractivity (Wildman–Crippen MR) is 74.1 cm³/mol.